The van der Waals surface area contributed by atoms with E-state index in [9.17, 15) is 19.8 Å². The van der Waals surface area contributed by atoms with Crippen LogP contribution < -0.4 is 0 Å². The Hall–Kier alpha value is -2.70. The van der Waals surface area contributed by atoms with Gasteiger partial charge in [-0.05, 0) is 44.9 Å². The third-order valence-corrected chi connectivity index (χ3v) is 9.13. The summed E-state index contributed by atoms with van der Waals surface area (Å²) in [5.74, 6) is -0.872. The molecule has 0 aliphatic rings. The van der Waals surface area contributed by atoms with Gasteiger partial charge in [0.2, 0.25) is 0 Å². The maximum atomic E-state index is 12.2. The molecule has 2 N–H and O–H groups in total. The highest BCUT2D eigenvalue weighted by molar-refractivity contribution is 5.70. The molecule has 0 aromatic heterocycles. The molecule has 0 radical (unpaired) electrons. The van der Waals surface area contributed by atoms with E-state index in [4.69, 9.17) is 9.47 Å². The van der Waals surface area contributed by atoms with Crippen LogP contribution in [0.5, 0.6) is 0 Å². The van der Waals surface area contributed by atoms with Crippen LogP contribution in [0, 0.1) is 0 Å². The topological polar surface area (TPSA) is 93.1 Å². The van der Waals surface area contributed by atoms with Crippen LogP contribution in [0.4, 0.5) is 0 Å². The monoisotopic (exact) mass is 741 g/mol. The number of ether oxygens (including phenoxy) is 2. The van der Waals surface area contributed by atoms with Gasteiger partial charge in [0.1, 0.15) is 6.61 Å². The SMILES string of the molecule is CC/C=C\C/C=C\C/C=C\C/C=C\C/C=C\C=C/C(O)CCC(=O)O[C@@H](CO)COC(=O)CCCCCCCCCCCCCCCCCCCCC. The molecule has 6 nitrogen and oxygen atoms in total. The fourth-order valence-electron chi connectivity index (χ4n) is 5.84. The predicted molar refractivity (Wildman–Crippen MR) is 225 cm³/mol. The van der Waals surface area contributed by atoms with E-state index in [1.54, 1.807) is 12.2 Å². The number of unbranched alkanes of at least 4 members (excludes halogenated alkanes) is 18. The third-order valence-electron chi connectivity index (χ3n) is 9.13. The molecule has 0 fully saturated rings. The van der Waals surface area contributed by atoms with E-state index in [0.29, 0.717) is 6.42 Å². The zero-order valence-electron chi connectivity index (χ0n) is 34.1. The van der Waals surface area contributed by atoms with Crippen LogP contribution >= 0.6 is 0 Å². The Balaban J connectivity index is 3.75. The average molecular weight is 741 g/mol. The summed E-state index contributed by atoms with van der Waals surface area (Å²) in [6.45, 7) is 3.83. The molecular weight excluding hydrogens is 661 g/mol. The van der Waals surface area contributed by atoms with Crippen LogP contribution in [0.3, 0.4) is 0 Å². The lowest BCUT2D eigenvalue weighted by Crippen LogP contribution is -2.28. The first-order valence-corrected chi connectivity index (χ1v) is 21.6. The number of allylic oxidation sites excluding steroid dienone is 11. The van der Waals surface area contributed by atoms with Crippen molar-refractivity contribution in [1.82, 2.24) is 0 Å². The minimum absolute atomic E-state index is 0.000969. The van der Waals surface area contributed by atoms with Gasteiger partial charge >= 0.3 is 11.9 Å². The maximum Gasteiger partial charge on any atom is 0.306 e. The highest BCUT2D eigenvalue weighted by Crippen LogP contribution is 2.15. The minimum atomic E-state index is -0.898. The lowest BCUT2D eigenvalue weighted by molar-refractivity contribution is -0.161. The molecule has 0 aliphatic heterocycles. The second kappa shape index (κ2) is 42.0. The van der Waals surface area contributed by atoms with E-state index in [1.807, 2.05) is 12.2 Å². The van der Waals surface area contributed by atoms with E-state index in [2.05, 4.69) is 62.5 Å². The summed E-state index contributed by atoms with van der Waals surface area (Å²) in [6, 6.07) is 0. The lowest BCUT2D eigenvalue weighted by atomic mass is 10.0. The maximum absolute atomic E-state index is 12.2. The number of hydrogen-bond donors (Lipinski definition) is 2. The Kier molecular flexibility index (Phi) is 39.9. The van der Waals surface area contributed by atoms with Gasteiger partial charge in [0, 0.05) is 12.8 Å². The lowest BCUT2D eigenvalue weighted by Gasteiger charge is -2.16. The molecular formula is C47H80O6. The van der Waals surface area contributed by atoms with Crippen LogP contribution in [0.25, 0.3) is 0 Å². The molecule has 2 atom stereocenters. The number of carbonyl (C=O) groups is 2. The molecule has 6 heteroatoms. The van der Waals surface area contributed by atoms with Gasteiger partial charge in [-0.1, -0.05) is 202 Å². The molecule has 0 saturated heterocycles. The van der Waals surface area contributed by atoms with Gasteiger partial charge in [0.15, 0.2) is 6.10 Å². The Morgan fingerprint density at radius 1 is 0.528 bits per heavy atom. The standard InChI is InChI=1S/C47H80O6/c1-3-5-7-9-11-13-15-17-19-21-22-23-25-27-29-31-33-35-37-39-46(50)52-43-45(42-48)53-47(51)41-40-44(49)38-36-34-32-30-28-26-24-20-18-16-14-12-10-8-6-4-2/h6,8,12,14,18,20,26,28,32,34,36,38,44-45,48-49H,3-5,7,9-11,13,15-17,19,21-25,27,29-31,33,35,37,39-43H2,1-2H3/b8-6-,14-12-,20-18-,28-26-,34-32-,38-36-/t44?,45-/m0/s1. The number of aliphatic hydroxyl groups is 2. The first-order chi connectivity index (χ1) is 26.0. The highest BCUT2D eigenvalue weighted by Gasteiger charge is 2.17. The Bertz CT molecular complexity index is 991. The molecule has 0 aromatic rings. The number of esters is 2. The van der Waals surface area contributed by atoms with Crippen LogP contribution in [-0.4, -0.2) is 47.6 Å². The van der Waals surface area contributed by atoms with Gasteiger partial charge in [0.05, 0.1) is 12.7 Å². The largest absolute Gasteiger partial charge is 0.462 e. The number of carbonyl (C=O) groups excluding carboxylic acids is 2. The molecule has 0 bridgehead atoms. The van der Waals surface area contributed by atoms with Crippen molar-refractivity contribution in [1.29, 1.82) is 0 Å². The minimum Gasteiger partial charge on any atom is -0.462 e. The smallest absolute Gasteiger partial charge is 0.306 e. The van der Waals surface area contributed by atoms with Gasteiger partial charge in [-0.15, -0.1) is 0 Å². The Morgan fingerprint density at radius 2 is 0.962 bits per heavy atom. The van der Waals surface area contributed by atoms with Crippen molar-refractivity contribution >= 4 is 11.9 Å². The van der Waals surface area contributed by atoms with Crippen LogP contribution in [0.2, 0.25) is 0 Å². The van der Waals surface area contributed by atoms with E-state index in [-0.39, 0.29) is 25.4 Å². The summed E-state index contributed by atoms with van der Waals surface area (Å²) in [5.41, 5.74) is 0. The quantitative estimate of drug-likeness (QED) is 0.0283. The van der Waals surface area contributed by atoms with Crippen molar-refractivity contribution in [3.63, 3.8) is 0 Å². The first kappa shape index (κ1) is 50.3. The Morgan fingerprint density at radius 3 is 1.42 bits per heavy atom. The van der Waals surface area contributed by atoms with Gasteiger partial charge in [-0.25, -0.2) is 0 Å². The van der Waals surface area contributed by atoms with Crippen molar-refractivity contribution < 1.29 is 29.3 Å². The van der Waals surface area contributed by atoms with Crippen LogP contribution in [0.15, 0.2) is 72.9 Å². The normalized spacial score (nSPS) is 13.5. The van der Waals surface area contributed by atoms with E-state index < -0.39 is 24.8 Å². The van der Waals surface area contributed by atoms with Crippen LogP contribution in [0.1, 0.15) is 187 Å². The van der Waals surface area contributed by atoms with E-state index in [1.165, 1.54) is 103 Å². The van der Waals surface area contributed by atoms with Crippen molar-refractivity contribution in [2.24, 2.45) is 0 Å². The molecule has 0 spiro atoms. The number of hydrogen-bond acceptors (Lipinski definition) is 6. The number of aliphatic hydroxyl groups excluding tert-OH is 2. The van der Waals surface area contributed by atoms with Crippen molar-refractivity contribution in [2.45, 2.75) is 199 Å². The van der Waals surface area contributed by atoms with E-state index in [0.717, 1.165) is 51.4 Å². The average Bonchev–Trinajstić information content (AvgIpc) is 3.16. The van der Waals surface area contributed by atoms with E-state index >= 15 is 0 Å². The summed E-state index contributed by atoms with van der Waals surface area (Å²) < 4.78 is 10.5. The molecule has 0 saturated carbocycles. The molecule has 304 valence electrons. The second-order valence-corrected chi connectivity index (χ2v) is 14.2. The highest BCUT2D eigenvalue weighted by atomic mass is 16.6. The summed E-state index contributed by atoms with van der Waals surface area (Å²) in [7, 11) is 0. The second-order valence-electron chi connectivity index (χ2n) is 14.2. The fraction of sp³-hybridized carbons (Fsp3) is 0.702. The van der Waals surface area contributed by atoms with Gasteiger partial charge in [0.25, 0.3) is 0 Å². The first-order valence-electron chi connectivity index (χ1n) is 21.6. The molecule has 0 rings (SSSR count). The summed E-state index contributed by atoms with van der Waals surface area (Å²) in [5, 5.41) is 19.7. The zero-order chi connectivity index (χ0) is 38.7. The number of rotatable bonds is 38. The summed E-state index contributed by atoms with van der Waals surface area (Å²) in [4.78, 5) is 24.3. The Labute approximate surface area is 326 Å². The zero-order valence-corrected chi connectivity index (χ0v) is 34.1. The summed E-state index contributed by atoms with van der Waals surface area (Å²) >= 11 is 0. The summed E-state index contributed by atoms with van der Waals surface area (Å²) in [6.07, 6.45) is 53.0. The van der Waals surface area contributed by atoms with Crippen molar-refractivity contribution in [3.8, 4) is 0 Å². The molecule has 1 unspecified atom stereocenters. The fourth-order valence-corrected chi connectivity index (χ4v) is 5.84. The molecule has 53 heavy (non-hydrogen) atoms. The van der Waals surface area contributed by atoms with Crippen molar-refractivity contribution in [2.75, 3.05) is 13.2 Å². The van der Waals surface area contributed by atoms with Crippen molar-refractivity contribution in [3.05, 3.63) is 72.9 Å². The molecule has 0 heterocycles. The molecule has 0 aromatic carbocycles. The molecule has 0 amide bonds. The van der Waals surface area contributed by atoms with Gasteiger partial charge in [-0.2, -0.15) is 0 Å². The predicted octanol–water partition coefficient (Wildman–Crippen LogP) is 12.7. The van der Waals surface area contributed by atoms with Gasteiger partial charge in [-0.3, -0.25) is 9.59 Å². The van der Waals surface area contributed by atoms with Gasteiger partial charge < -0.3 is 19.7 Å². The van der Waals surface area contributed by atoms with Crippen LogP contribution in [-0.2, 0) is 19.1 Å². The third kappa shape index (κ3) is 40.3. The molecule has 0 aliphatic carbocycles.